The number of benzene rings is 1. The molecule has 0 radical (unpaired) electrons. The van der Waals surface area contributed by atoms with Gasteiger partial charge < -0.3 is 15.0 Å². The van der Waals surface area contributed by atoms with E-state index in [2.05, 4.69) is 42.3 Å². The third kappa shape index (κ3) is 6.96. The number of hydrogen-bond acceptors (Lipinski definition) is 4. The summed E-state index contributed by atoms with van der Waals surface area (Å²) >= 11 is 0. The van der Waals surface area contributed by atoms with Crippen molar-refractivity contribution in [3.8, 4) is 0 Å². The Kier molecular flexibility index (Phi) is 7.63. The molecule has 0 saturated carbocycles. The topological polar surface area (TPSA) is 61.9 Å². The van der Waals surface area contributed by atoms with Crippen LogP contribution in [0.3, 0.4) is 0 Å². The van der Waals surface area contributed by atoms with Crippen molar-refractivity contribution in [1.82, 2.24) is 15.1 Å². The minimum atomic E-state index is -0.523. The van der Waals surface area contributed by atoms with Crippen molar-refractivity contribution >= 4 is 12.0 Å². The van der Waals surface area contributed by atoms with E-state index in [1.165, 1.54) is 17.5 Å². The Morgan fingerprint density at radius 2 is 1.71 bits per heavy atom. The van der Waals surface area contributed by atoms with E-state index in [-0.39, 0.29) is 17.9 Å². The summed E-state index contributed by atoms with van der Waals surface area (Å²) in [4.78, 5) is 29.2. The minimum absolute atomic E-state index is 0.0149. The van der Waals surface area contributed by atoms with Gasteiger partial charge in [-0.1, -0.05) is 38.1 Å². The van der Waals surface area contributed by atoms with Gasteiger partial charge in [0.15, 0.2) is 0 Å². The lowest BCUT2D eigenvalue weighted by atomic mass is 9.91. The van der Waals surface area contributed by atoms with Crippen LogP contribution in [0.25, 0.3) is 0 Å². The van der Waals surface area contributed by atoms with Crippen LogP contribution < -0.4 is 5.32 Å². The summed E-state index contributed by atoms with van der Waals surface area (Å²) in [5.74, 6) is 1.29. The van der Waals surface area contributed by atoms with E-state index >= 15 is 0 Å². The second-order valence-electron chi connectivity index (χ2n) is 10.5. The van der Waals surface area contributed by atoms with Crippen LogP contribution >= 0.6 is 0 Å². The molecule has 2 amide bonds. The van der Waals surface area contributed by atoms with E-state index in [0.717, 1.165) is 31.5 Å². The molecule has 0 bridgehead atoms. The summed E-state index contributed by atoms with van der Waals surface area (Å²) in [6, 6.07) is 8.39. The summed E-state index contributed by atoms with van der Waals surface area (Å²) in [6.07, 6.45) is 1.64. The molecule has 1 N–H and O–H groups in total. The van der Waals surface area contributed by atoms with Gasteiger partial charge in [-0.25, -0.2) is 4.79 Å². The molecule has 3 atom stereocenters. The molecule has 0 aliphatic carbocycles. The summed E-state index contributed by atoms with van der Waals surface area (Å²) in [7, 11) is 0. The van der Waals surface area contributed by atoms with Crippen LogP contribution in [-0.2, 0) is 22.6 Å². The first-order valence-electron chi connectivity index (χ1n) is 11.7. The van der Waals surface area contributed by atoms with Crippen molar-refractivity contribution < 1.29 is 14.3 Å². The molecule has 2 fully saturated rings. The third-order valence-electron chi connectivity index (χ3n) is 6.12. The normalized spacial score (nSPS) is 24.8. The molecule has 31 heavy (non-hydrogen) atoms. The Balaban J connectivity index is 1.52. The van der Waals surface area contributed by atoms with E-state index in [1.807, 2.05) is 26.8 Å². The zero-order valence-electron chi connectivity index (χ0n) is 19.8. The third-order valence-corrected chi connectivity index (χ3v) is 6.12. The predicted molar refractivity (Wildman–Crippen MR) is 122 cm³/mol. The molecule has 0 spiro atoms. The van der Waals surface area contributed by atoms with Gasteiger partial charge in [0.25, 0.3) is 0 Å². The summed E-state index contributed by atoms with van der Waals surface area (Å²) in [6.45, 7) is 14.9. The summed E-state index contributed by atoms with van der Waals surface area (Å²) < 4.78 is 5.43. The fourth-order valence-electron chi connectivity index (χ4n) is 4.84. The first-order valence-corrected chi connectivity index (χ1v) is 11.7. The molecule has 2 saturated heterocycles. The second kappa shape index (κ2) is 10.0. The Labute approximate surface area is 187 Å². The average Bonchev–Trinajstić information content (AvgIpc) is 3.15. The van der Waals surface area contributed by atoms with Crippen LogP contribution in [0.4, 0.5) is 4.79 Å². The van der Waals surface area contributed by atoms with Gasteiger partial charge in [0.2, 0.25) is 5.91 Å². The molecule has 6 heteroatoms. The van der Waals surface area contributed by atoms with Crippen molar-refractivity contribution in [2.24, 2.45) is 17.8 Å². The van der Waals surface area contributed by atoms with E-state index < -0.39 is 5.60 Å². The maximum absolute atomic E-state index is 12.8. The zero-order chi connectivity index (χ0) is 22.6. The number of amides is 2. The van der Waals surface area contributed by atoms with Crippen molar-refractivity contribution in [2.45, 2.75) is 66.2 Å². The van der Waals surface area contributed by atoms with Gasteiger partial charge in [-0.05, 0) is 56.6 Å². The average molecular weight is 430 g/mol. The van der Waals surface area contributed by atoms with Crippen LogP contribution in [0, 0.1) is 17.8 Å². The highest BCUT2D eigenvalue weighted by molar-refractivity contribution is 5.80. The second-order valence-corrected chi connectivity index (χ2v) is 10.5. The molecule has 2 heterocycles. The number of likely N-dealkylation sites (tertiary alicyclic amines) is 2. The van der Waals surface area contributed by atoms with Crippen molar-refractivity contribution in [1.29, 1.82) is 0 Å². The monoisotopic (exact) mass is 429 g/mol. The van der Waals surface area contributed by atoms with Gasteiger partial charge in [-0.15, -0.1) is 0 Å². The van der Waals surface area contributed by atoms with Gasteiger partial charge in [0.1, 0.15) is 5.60 Å². The number of hydrogen-bond donors (Lipinski definition) is 1. The van der Waals surface area contributed by atoms with Crippen LogP contribution in [0.5, 0.6) is 0 Å². The molecule has 0 aromatic heterocycles. The fourth-order valence-corrected chi connectivity index (χ4v) is 4.84. The maximum Gasteiger partial charge on any atom is 0.410 e. The van der Waals surface area contributed by atoms with E-state index in [1.54, 1.807) is 4.90 Å². The predicted octanol–water partition coefficient (Wildman–Crippen LogP) is 4.04. The molecule has 3 unspecified atom stereocenters. The Morgan fingerprint density at radius 3 is 2.35 bits per heavy atom. The zero-order valence-corrected chi connectivity index (χ0v) is 19.8. The van der Waals surface area contributed by atoms with Crippen LogP contribution in [-0.4, -0.2) is 53.6 Å². The Morgan fingerprint density at radius 1 is 1.06 bits per heavy atom. The van der Waals surface area contributed by atoms with E-state index in [0.29, 0.717) is 26.1 Å². The highest BCUT2D eigenvalue weighted by Gasteiger charge is 2.33. The first kappa shape index (κ1) is 23.6. The number of piperidine rings is 1. The standard InChI is InChI=1S/C25H39N3O3/c1-18-12-19(2)15-27(14-18)16-21-9-7-6-8-20(21)13-26-23(29)22-10-11-28(17-22)24(30)31-25(3,4)5/h6-9,18-19,22H,10-17H2,1-5H3,(H,26,29). The van der Waals surface area contributed by atoms with Crippen LogP contribution in [0.1, 0.15) is 58.6 Å². The summed E-state index contributed by atoms with van der Waals surface area (Å²) in [5.41, 5.74) is 1.93. The maximum atomic E-state index is 12.8. The quantitative estimate of drug-likeness (QED) is 0.767. The number of ether oxygens (including phenoxy) is 1. The number of carbonyl (C=O) groups is 2. The molecule has 172 valence electrons. The lowest BCUT2D eigenvalue weighted by Gasteiger charge is -2.35. The van der Waals surface area contributed by atoms with Gasteiger partial charge in [-0.2, -0.15) is 0 Å². The van der Waals surface area contributed by atoms with Crippen molar-refractivity contribution in [3.63, 3.8) is 0 Å². The lowest BCUT2D eigenvalue weighted by molar-refractivity contribution is -0.124. The minimum Gasteiger partial charge on any atom is -0.444 e. The van der Waals surface area contributed by atoms with Gasteiger partial charge in [-0.3, -0.25) is 9.69 Å². The number of nitrogens with one attached hydrogen (secondary N) is 1. The molecule has 2 aliphatic heterocycles. The van der Waals surface area contributed by atoms with Crippen molar-refractivity contribution in [2.75, 3.05) is 26.2 Å². The SMILES string of the molecule is CC1CC(C)CN(Cc2ccccc2CNC(=O)C2CCN(C(=O)OC(C)(C)C)C2)C1. The highest BCUT2D eigenvalue weighted by Crippen LogP contribution is 2.24. The number of rotatable bonds is 5. The van der Waals surface area contributed by atoms with Crippen molar-refractivity contribution in [3.05, 3.63) is 35.4 Å². The highest BCUT2D eigenvalue weighted by atomic mass is 16.6. The molecule has 1 aromatic rings. The number of carbonyl (C=O) groups excluding carboxylic acids is 2. The Bertz CT molecular complexity index is 764. The van der Waals surface area contributed by atoms with Gasteiger partial charge in [0, 0.05) is 39.3 Å². The molecule has 3 rings (SSSR count). The smallest absolute Gasteiger partial charge is 0.410 e. The molecule has 6 nitrogen and oxygen atoms in total. The lowest BCUT2D eigenvalue weighted by Crippen LogP contribution is -2.38. The Hall–Kier alpha value is -2.08. The largest absolute Gasteiger partial charge is 0.444 e. The van der Waals surface area contributed by atoms with Crippen LogP contribution in [0.2, 0.25) is 0 Å². The van der Waals surface area contributed by atoms with E-state index in [4.69, 9.17) is 4.74 Å². The van der Waals surface area contributed by atoms with E-state index in [9.17, 15) is 9.59 Å². The first-order chi connectivity index (χ1) is 14.6. The fraction of sp³-hybridized carbons (Fsp3) is 0.680. The summed E-state index contributed by atoms with van der Waals surface area (Å²) in [5, 5.41) is 3.11. The van der Waals surface area contributed by atoms with Gasteiger partial charge >= 0.3 is 6.09 Å². The number of nitrogens with zero attached hydrogens (tertiary/aromatic N) is 2. The van der Waals surface area contributed by atoms with Crippen LogP contribution in [0.15, 0.2) is 24.3 Å². The molecule has 1 aromatic carbocycles. The molecular formula is C25H39N3O3. The van der Waals surface area contributed by atoms with Gasteiger partial charge in [0.05, 0.1) is 5.92 Å². The molecule has 2 aliphatic rings. The molecular weight excluding hydrogens is 390 g/mol.